The Labute approximate surface area is 96.9 Å². The first-order valence-electron chi connectivity index (χ1n) is 5.30. The molecule has 16 heavy (non-hydrogen) atoms. The van der Waals surface area contributed by atoms with Gasteiger partial charge in [0.15, 0.2) is 0 Å². The van der Waals surface area contributed by atoms with E-state index < -0.39 is 0 Å². The summed E-state index contributed by atoms with van der Waals surface area (Å²) in [7, 11) is 0. The third kappa shape index (κ3) is 1.64. The average Bonchev–Trinajstić information content (AvgIpc) is 2.96. The Bertz CT molecular complexity index is 467. The van der Waals surface area contributed by atoms with E-state index in [1.165, 1.54) is 11.3 Å². The van der Waals surface area contributed by atoms with Crippen molar-refractivity contribution in [1.29, 1.82) is 0 Å². The van der Waals surface area contributed by atoms with Gasteiger partial charge in [-0.25, -0.2) is 0 Å². The SMILES string of the molecule is CC1CCNC1c1nc(-c2cncs2)no1. The molecule has 1 aliphatic rings. The molecule has 0 aliphatic carbocycles. The van der Waals surface area contributed by atoms with E-state index in [0.717, 1.165) is 17.8 Å². The number of aromatic nitrogens is 3. The average molecular weight is 236 g/mol. The van der Waals surface area contributed by atoms with Crippen LogP contribution in [0.25, 0.3) is 10.7 Å². The van der Waals surface area contributed by atoms with Crippen molar-refractivity contribution in [3.05, 3.63) is 17.6 Å². The zero-order valence-electron chi connectivity index (χ0n) is 8.88. The van der Waals surface area contributed by atoms with Crippen LogP contribution in [0.2, 0.25) is 0 Å². The largest absolute Gasteiger partial charge is 0.337 e. The summed E-state index contributed by atoms with van der Waals surface area (Å²) in [5, 5.41) is 7.35. The van der Waals surface area contributed by atoms with Crippen LogP contribution in [0.1, 0.15) is 25.3 Å². The van der Waals surface area contributed by atoms with Crippen LogP contribution in [-0.4, -0.2) is 21.7 Å². The van der Waals surface area contributed by atoms with Crippen LogP contribution in [-0.2, 0) is 0 Å². The molecule has 6 heteroatoms. The second kappa shape index (κ2) is 3.95. The van der Waals surface area contributed by atoms with Gasteiger partial charge in [0.2, 0.25) is 11.7 Å². The van der Waals surface area contributed by atoms with E-state index in [1.54, 1.807) is 11.7 Å². The van der Waals surface area contributed by atoms with E-state index in [4.69, 9.17) is 4.52 Å². The van der Waals surface area contributed by atoms with Crippen molar-refractivity contribution in [1.82, 2.24) is 20.4 Å². The van der Waals surface area contributed by atoms with Gasteiger partial charge in [-0.15, -0.1) is 11.3 Å². The van der Waals surface area contributed by atoms with Crippen LogP contribution in [0.3, 0.4) is 0 Å². The molecule has 2 aromatic heterocycles. The lowest BCUT2D eigenvalue weighted by Crippen LogP contribution is -2.16. The monoisotopic (exact) mass is 236 g/mol. The molecule has 1 aliphatic heterocycles. The first-order valence-corrected chi connectivity index (χ1v) is 6.18. The molecule has 3 rings (SSSR count). The predicted molar refractivity (Wildman–Crippen MR) is 59.9 cm³/mol. The fourth-order valence-electron chi connectivity index (χ4n) is 1.95. The Hall–Kier alpha value is -1.27. The minimum atomic E-state index is 0.203. The summed E-state index contributed by atoms with van der Waals surface area (Å²) in [6, 6.07) is 0.203. The standard InChI is InChI=1S/C10H12N4OS/c1-6-2-3-12-8(6)10-13-9(14-15-10)7-4-11-5-16-7/h4-6,8,12H,2-3H2,1H3. The van der Waals surface area contributed by atoms with Crippen LogP contribution in [0.15, 0.2) is 16.2 Å². The molecule has 1 fully saturated rings. The number of rotatable bonds is 2. The highest BCUT2D eigenvalue weighted by Crippen LogP contribution is 2.29. The zero-order valence-corrected chi connectivity index (χ0v) is 9.70. The van der Waals surface area contributed by atoms with Crippen molar-refractivity contribution in [2.45, 2.75) is 19.4 Å². The minimum absolute atomic E-state index is 0.203. The summed E-state index contributed by atoms with van der Waals surface area (Å²) in [5.74, 6) is 1.88. The molecule has 2 atom stereocenters. The third-order valence-electron chi connectivity index (χ3n) is 2.89. The molecule has 0 saturated carbocycles. The van der Waals surface area contributed by atoms with Gasteiger partial charge in [-0.05, 0) is 18.9 Å². The van der Waals surface area contributed by atoms with Crippen LogP contribution in [0.4, 0.5) is 0 Å². The van der Waals surface area contributed by atoms with Gasteiger partial charge in [0.25, 0.3) is 0 Å². The molecule has 5 nitrogen and oxygen atoms in total. The second-order valence-electron chi connectivity index (χ2n) is 4.02. The first-order chi connectivity index (χ1) is 7.84. The van der Waals surface area contributed by atoms with Gasteiger partial charge in [0.1, 0.15) is 0 Å². The van der Waals surface area contributed by atoms with Crippen LogP contribution >= 0.6 is 11.3 Å². The minimum Gasteiger partial charge on any atom is -0.337 e. The lowest BCUT2D eigenvalue weighted by atomic mass is 10.0. The van der Waals surface area contributed by atoms with E-state index in [1.807, 2.05) is 0 Å². The fraction of sp³-hybridized carbons (Fsp3) is 0.500. The molecule has 0 radical (unpaired) electrons. The summed E-state index contributed by atoms with van der Waals surface area (Å²) < 4.78 is 5.30. The highest BCUT2D eigenvalue weighted by Gasteiger charge is 2.29. The summed E-state index contributed by atoms with van der Waals surface area (Å²) >= 11 is 1.52. The van der Waals surface area contributed by atoms with Crippen molar-refractivity contribution in [3.8, 4) is 10.7 Å². The molecule has 84 valence electrons. The summed E-state index contributed by atoms with van der Waals surface area (Å²) in [4.78, 5) is 9.36. The van der Waals surface area contributed by atoms with Crippen molar-refractivity contribution in [3.63, 3.8) is 0 Å². The van der Waals surface area contributed by atoms with E-state index in [2.05, 4.69) is 27.4 Å². The lowest BCUT2D eigenvalue weighted by molar-refractivity contribution is 0.319. The highest BCUT2D eigenvalue weighted by molar-refractivity contribution is 7.13. The molecule has 0 aromatic carbocycles. The Morgan fingerprint density at radius 1 is 1.56 bits per heavy atom. The van der Waals surface area contributed by atoms with Gasteiger partial charge in [0, 0.05) is 6.20 Å². The van der Waals surface area contributed by atoms with Crippen LogP contribution in [0.5, 0.6) is 0 Å². The molecule has 0 amide bonds. The molecule has 1 N–H and O–H groups in total. The van der Waals surface area contributed by atoms with Gasteiger partial charge < -0.3 is 9.84 Å². The molecular formula is C10H12N4OS. The van der Waals surface area contributed by atoms with Crippen molar-refractivity contribution < 1.29 is 4.52 Å². The van der Waals surface area contributed by atoms with Crippen LogP contribution in [0, 0.1) is 5.92 Å². The quantitative estimate of drug-likeness (QED) is 0.862. The molecule has 2 unspecified atom stereocenters. The van der Waals surface area contributed by atoms with E-state index >= 15 is 0 Å². The Morgan fingerprint density at radius 2 is 2.50 bits per heavy atom. The molecule has 2 aromatic rings. The number of thiazole rings is 1. The van der Waals surface area contributed by atoms with E-state index in [0.29, 0.717) is 17.6 Å². The van der Waals surface area contributed by atoms with Gasteiger partial charge in [0.05, 0.1) is 16.4 Å². The van der Waals surface area contributed by atoms with Crippen molar-refractivity contribution >= 4 is 11.3 Å². The van der Waals surface area contributed by atoms with Gasteiger partial charge >= 0.3 is 0 Å². The Morgan fingerprint density at radius 3 is 3.19 bits per heavy atom. The molecule has 1 saturated heterocycles. The van der Waals surface area contributed by atoms with Crippen LogP contribution < -0.4 is 5.32 Å². The van der Waals surface area contributed by atoms with E-state index in [-0.39, 0.29) is 6.04 Å². The lowest BCUT2D eigenvalue weighted by Gasteiger charge is -2.08. The maximum atomic E-state index is 5.30. The topological polar surface area (TPSA) is 63.8 Å². The normalized spacial score (nSPS) is 25.1. The van der Waals surface area contributed by atoms with E-state index in [9.17, 15) is 0 Å². The third-order valence-corrected chi connectivity index (χ3v) is 3.66. The summed E-state index contributed by atoms with van der Waals surface area (Å²) in [6.07, 6.45) is 2.91. The molecule has 3 heterocycles. The maximum Gasteiger partial charge on any atom is 0.244 e. The Kier molecular flexibility index (Phi) is 2.45. The van der Waals surface area contributed by atoms with Gasteiger partial charge in [-0.3, -0.25) is 4.98 Å². The first kappa shape index (κ1) is 9.92. The molecule has 0 bridgehead atoms. The second-order valence-corrected chi connectivity index (χ2v) is 4.91. The molecular weight excluding hydrogens is 224 g/mol. The predicted octanol–water partition coefficient (Wildman–Crippen LogP) is 1.86. The Balaban J connectivity index is 1.88. The smallest absolute Gasteiger partial charge is 0.244 e. The number of nitrogens with zero attached hydrogens (tertiary/aromatic N) is 3. The fourth-order valence-corrected chi connectivity index (χ4v) is 2.50. The highest BCUT2D eigenvalue weighted by atomic mass is 32.1. The summed E-state index contributed by atoms with van der Waals surface area (Å²) in [6.45, 7) is 3.21. The number of hydrogen-bond acceptors (Lipinski definition) is 6. The maximum absolute atomic E-state index is 5.30. The number of nitrogens with one attached hydrogen (secondary N) is 1. The van der Waals surface area contributed by atoms with Gasteiger partial charge in [-0.2, -0.15) is 4.98 Å². The molecule has 0 spiro atoms. The summed E-state index contributed by atoms with van der Waals surface area (Å²) in [5.41, 5.74) is 1.77. The zero-order chi connectivity index (χ0) is 11.0. The number of hydrogen-bond donors (Lipinski definition) is 1. The van der Waals surface area contributed by atoms with Crippen molar-refractivity contribution in [2.24, 2.45) is 5.92 Å². The van der Waals surface area contributed by atoms with Gasteiger partial charge in [-0.1, -0.05) is 12.1 Å². The van der Waals surface area contributed by atoms with Crippen molar-refractivity contribution in [2.75, 3.05) is 6.54 Å².